The number of fused-ring (bicyclic) bond motifs is 2. The van der Waals surface area contributed by atoms with Gasteiger partial charge in [-0.2, -0.15) is 0 Å². The molecule has 0 bridgehead atoms. The number of hydrogen-bond acceptors (Lipinski definition) is 5. The van der Waals surface area contributed by atoms with Gasteiger partial charge in [0.05, 0.1) is 6.61 Å². The summed E-state index contributed by atoms with van der Waals surface area (Å²) in [6.45, 7) is 17.7. The highest BCUT2D eigenvalue weighted by atomic mass is 16.7. The molecule has 3 unspecified atom stereocenters. The molecule has 0 aliphatic carbocycles. The predicted octanol–water partition coefficient (Wildman–Crippen LogP) is 6.84. The summed E-state index contributed by atoms with van der Waals surface area (Å²) < 4.78 is 23.9. The van der Waals surface area contributed by atoms with E-state index in [4.69, 9.17) is 18.9 Å². The van der Waals surface area contributed by atoms with E-state index in [0.717, 1.165) is 41.7 Å². The van der Waals surface area contributed by atoms with E-state index in [-0.39, 0.29) is 24.4 Å². The van der Waals surface area contributed by atoms with E-state index in [9.17, 15) is 0 Å². The molecule has 182 valence electrons. The molecule has 0 amide bonds. The Labute approximate surface area is 200 Å². The lowest BCUT2D eigenvalue weighted by Crippen LogP contribution is -2.57. The van der Waals surface area contributed by atoms with Crippen molar-refractivity contribution in [3.63, 3.8) is 0 Å². The fourth-order valence-corrected chi connectivity index (χ4v) is 5.11. The third kappa shape index (κ3) is 4.79. The summed E-state index contributed by atoms with van der Waals surface area (Å²) in [4.78, 5) is 2.50. The van der Waals surface area contributed by atoms with Crippen LogP contribution in [0.2, 0.25) is 0 Å². The largest absolute Gasteiger partial charge is 0.494 e. The summed E-state index contributed by atoms with van der Waals surface area (Å²) in [6, 6.07) is 12.6. The van der Waals surface area contributed by atoms with Crippen LogP contribution in [0.3, 0.4) is 0 Å². The van der Waals surface area contributed by atoms with E-state index in [0.29, 0.717) is 6.61 Å². The van der Waals surface area contributed by atoms with E-state index >= 15 is 0 Å². The number of hydrogen-bond donors (Lipinski definition) is 0. The Morgan fingerprint density at radius 2 is 1.64 bits per heavy atom. The van der Waals surface area contributed by atoms with E-state index in [1.807, 2.05) is 46.8 Å². The summed E-state index contributed by atoms with van der Waals surface area (Å²) in [5.41, 5.74) is 2.04. The first-order valence-corrected chi connectivity index (χ1v) is 12.7. The zero-order valence-corrected chi connectivity index (χ0v) is 21.4. The number of nitrogens with zero attached hydrogens (tertiary/aromatic N) is 1. The van der Waals surface area contributed by atoms with Gasteiger partial charge in [-0.15, -0.1) is 0 Å². The molecule has 1 fully saturated rings. The summed E-state index contributed by atoms with van der Waals surface area (Å²) in [7, 11) is 0. The molecule has 5 rings (SSSR count). The number of rotatable bonds is 4. The van der Waals surface area contributed by atoms with Crippen molar-refractivity contribution in [2.45, 2.75) is 73.0 Å². The first kappa shape index (κ1) is 25.2. The molecule has 33 heavy (non-hydrogen) atoms. The average molecular weight is 456 g/mol. The lowest BCUT2D eigenvalue weighted by molar-refractivity contribution is -0.114. The molecule has 3 aliphatic heterocycles. The van der Waals surface area contributed by atoms with Crippen molar-refractivity contribution in [2.75, 3.05) is 26.5 Å². The summed E-state index contributed by atoms with van der Waals surface area (Å²) >= 11 is 0. The first-order valence-electron chi connectivity index (χ1n) is 12.7. The van der Waals surface area contributed by atoms with E-state index in [1.54, 1.807) is 0 Å². The van der Waals surface area contributed by atoms with E-state index in [1.165, 1.54) is 18.4 Å². The van der Waals surface area contributed by atoms with Crippen molar-refractivity contribution in [1.82, 2.24) is 4.90 Å². The minimum absolute atomic E-state index is 0.180. The smallest absolute Gasteiger partial charge is 0.231 e. The Balaban J connectivity index is 0.000000728. The van der Waals surface area contributed by atoms with Crippen LogP contribution in [0, 0.1) is 5.92 Å². The van der Waals surface area contributed by atoms with Crippen molar-refractivity contribution in [1.29, 1.82) is 0 Å². The van der Waals surface area contributed by atoms with Gasteiger partial charge in [0.25, 0.3) is 0 Å². The Bertz CT molecular complexity index is 909. The lowest BCUT2D eigenvalue weighted by atomic mass is 9.74. The summed E-state index contributed by atoms with van der Waals surface area (Å²) in [6.07, 6.45) is 2.45. The van der Waals surface area contributed by atoms with Crippen molar-refractivity contribution >= 4 is 0 Å². The van der Waals surface area contributed by atoms with Gasteiger partial charge in [0.2, 0.25) is 6.79 Å². The molecule has 2 aromatic rings. The quantitative estimate of drug-likeness (QED) is 0.505. The molecule has 0 aromatic heterocycles. The highest BCUT2D eigenvalue weighted by Crippen LogP contribution is 2.53. The molecule has 0 N–H and O–H groups in total. The molecule has 3 atom stereocenters. The van der Waals surface area contributed by atoms with Crippen LogP contribution in [0.5, 0.6) is 23.0 Å². The predicted molar refractivity (Wildman–Crippen MR) is 134 cm³/mol. The Kier molecular flexibility index (Phi) is 8.52. The maximum absolute atomic E-state index is 6.73. The van der Waals surface area contributed by atoms with Crippen molar-refractivity contribution < 1.29 is 18.9 Å². The van der Waals surface area contributed by atoms with Crippen LogP contribution < -0.4 is 18.9 Å². The number of likely N-dealkylation sites (tertiary alicyclic amines) is 1. The Morgan fingerprint density at radius 1 is 0.970 bits per heavy atom. The standard InChI is InChI=1S/C24H29NO4.2C2H6/c1-4-26-18-9-7-8-17(12-18)23-16(2)24(3,25-10-5-6-11-25)29-20-14-22-21(13-19(20)23)27-15-28-22;2*1-2/h7-9,12-14,16,23H,4-6,10-11,15H2,1-3H3;2*1-2H3. The molecular formula is C28H41NO4. The summed E-state index contributed by atoms with van der Waals surface area (Å²) in [5, 5.41) is 0. The lowest BCUT2D eigenvalue weighted by Gasteiger charge is -2.50. The van der Waals surface area contributed by atoms with Gasteiger partial charge in [0, 0.05) is 36.6 Å². The Hall–Kier alpha value is -2.40. The average Bonchev–Trinajstić information content (AvgIpc) is 3.54. The minimum Gasteiger partial charge on any atom is -0.494 e. The SMILES string of the molecule is CC.CC.CCOc1cccc(C2c3cc4c(cc3OC(C)(N3CCCC3)C2C)OCO4)c1. The van der Waals surface area contributed by atoms with Gasteiger partial charge in [-0.05, 0) is 50.5 Å². The fraction of sp³-hybridized carbons (Fsp3) is 0.571. The van der Waals surface area contributed by atoms with Gasteiger partial charge >= 0.3 is 0 Å². The van der Waals surface area contributed by atoms with Crippen LogP contribution in [0.15, 0.2) is 36.4 Å². The van der Waals surface area contributed by atoms with Gasteiger partial charge in [0.1, 0.15) is 11.5 Å². The third-order valence-electron chi connectivity index (χ3n) is 6.76. The third-order valence-corrected chi connectivity index (χ3v) is 6.76. The molecular weight excluding hydrogens is 414 g/mol. The molecule has 3 aliphatic rings. The van der Waals surface area contributed by atoms with Crippen LogP contribution >= 0.6 is 0 Å². The highest BCUT2D eigenvalue weighted by Gasteiger charge is 2.49. The molecule has 5 heteroatoms. The van der Waals surface area contributed by atoms with Gasteiger partial charge in [-0.3, -0.25) is 4.90 Å². The van der Waals surface area contributed by atoms with Gasteiger partial charge in [0.15, 0.2) is 17.2 Å². The fourth-order valence-electron chi connectivity index (χ4n) is 5.11. The molecule has 1 saturated heterocycles. The maximum atomic E-state index is 6.73. The monoisotopic (exact) mass is 455 g/mol. The van der Waals surface area contributed by atoms with E-state index < -0.39 is 0 Å². The van der Waals surface area contributed by atoms with Crippen LogP contribution in [-0.2, 0) is 0 Å². The molecule has 2 aromatic carbocycles. The van der Waals surface area contributed by atoms with Gasteiger partial charge < -0.3 is 18.9 Å². The van der Waals surface area contributed by atoms with Crippen LogP contribution in [-0.4, -0.2) is 37.1 Å². The zero-order chi connectivity index (χ0) is 24.0. The second-order valence-corrected chi connectivity index (χ2v) is 8.37. The highest BCUT2D eigenvalue weighted by molar-refractivity contribution is 5.57. The van der Waals surface area contributed by atoms with E-state index in [2.05, 4.69) is 43.0 Å². The van der Waals surface area contributed by atoms with Crippen molar-refractivity contribution in [3.8, 4) is 23.0 Å². The first-order chi connectivity index (χ1) is 16.1. The second kappa shape index (κ2) is 11.1. The number of benzene rings is 2. The minimum atomic E-state index is -0.372. The molecule has 0 spiro atoms. The molecule has 0 saturated carbocycles. The molecule has 0 radical (unpaired) electrons. The molecule has 3 heterocycles. The van der Waals surface area contributed by atoms with Crippen LogP contribution in [0.4, 0.5) is 0 Å². The zero-order valence-electron chi connectivity index (χ0n) is 21.4. The molecule has 5 nitrogen and oxygen atoms in total. The Morgan fingerprint density at radius 3 is 2.30 bits per heavy atom. The van der Waals surface area contributed by atoms with Crippen molar-refractivity contribution in [3.05, 3.63) is 47.5 Å². The normalized spacial score (nSPS) is 25.1. The maximum Gasteiger partial charge on any atom is 0.231 e. The summed E-state index contributed by atoms with van der Waals surface area (Å²) in [5.74, 6) is 3.81. The van der Waals surface area contributed by atoms with Gasteiger partial charge in [-0.25, -0.2) is 0 Å². The second-order valence-electron chi connectivity index (χ2n) is 8.37. The number of ether oxygens (including phenoxy) is 4. The van der Waals surface area contributed by atoms with Crippen LogP contribution in [0.25, 0.3) is 0 Å². The topological polar surface area (TPSA) is 40.2 Å². The van der Waals surface area contributed by atoms with Crippen LogP contribution in [0.1, 0.15) is 78.4 Å². The van der Waals surface area contributed by atoms with Gasteiger partial charge in [-0.1, -0.05) is 46.8 Å². The van der Waals surface area contributed by atoms with Crippen molar-refractivity contribution in [2.24, 2.45) is 5.92 Å².